The lowest BCUT2D eigenvalue weighted by Gasteiger charge is -2.29. The summed E-state index contributed by atoms with van der Waals surface area (Å²) in [5, 5.41) is 3.82. The first-order valence-electron chi connectivity index (χ1n) is 6.49. The van der Waals surface area contributed by atoms with Gasteiger partial charge in [0, 0.05) is 18.8 Å². The Morgan fingerprint density at radius 3 is 2.63 bits per heavy atom. The van der Waals surface area contributed by atoms with Crippen molar-refractivity contribution in [2.24, 2.45) is 5.73 Å². The summed E-state index contributed by atoms with van der Waals surface area (Å²) in [6.45, 7) is 0. The first-order chi connectivity index (χ1) is 9.10. The summed E-state index contributed by atoms with van der Waals surface area (Å²) in [5.41, 5.74) is 6.53. The highest BCUT2D eigenvalue weighted by atomic mass is 35.5. The van der Waals surface area contributed by atoms with Crippen molar-refractivity contribution >= 4 is 23.2 Å². The molecule has 1 fully saturated rings. The zero-order chi connectivity index (χ0) is 13.8. The van der Waals surface area contributed by atoms with Crippen LogP contribution in [0.4, 0.5) is 5.69 Å². The lowest BCUT2D eigenvalue weighted by Crippen LogP contribution is -2.29. The van der Waals surface area contributed by atoms with Crippen molar-refractivity contribution in [3.8, 4) is 0 Å². The third-order valence-electron chi connectivity index (χ3n) is 3.61. The van der Waals surface area contributed by atoms with Crippen molar-refractivity contribution in [1.82, 2.24) is 0 Å². The second-order valence-corrected chi connectivity index (χ2v) is 5.32. The Balaban J connectivity index is 2.00. The van der Waals surface area contributed by atoms with Crippen LogP contribution in [0.15, 0.2) is 18.2 Å². The van der Waals surface area contributed by atoms with E-state index >= 15 is 0 Å². The van der Waals surface area contributed by atoms with E-state index in [2.05, 4.69) is 5.32 Å². The fourth-order valence-corrected chi connectivity index (χ4v) is 2.69. The number of hydrogen-bond acceptors (Lipinski definition) is 3. The molecular formula is C14H19ClN2O2. The molecule has 1 aliphatic rings. The molecule has 0 aromatic heterocycles. The number of primary amides is 1. The van der Waals surface area contributed by atoms with Crippen LogP contribution in [0.25, 0.3) is 0 Å². The van der Waals surface area contributed by atoms with Gasteiger partial charge in [-0.1, -0.05) is 11.6 Å². The first kappa shape index (κ1) is 14.2. The van der Waals surface area contributed by atoms with Gasteiger partial charge in [0.2, 0.25) is 5.91 Å². The van der Waals surface area contributed by atoms with Gasteiger partial charge in [0.1, 0.15) is 0 Å². The molecule has 5 heteroatoms. The minimum absolute atomic E-state index is 0.359. The smallest absolute Gasteiger partial charge is 0.250 e. The van der Waals surface area contributed by atoms with Crippen molar-refractivity contribution in [3.63, 3.8) is 0 Å². The summed E-state index contributed by atoms with van der Waals surface area (Å²) in [5.74, 6) is -0.503. The maximum Gasteiger partial charge on any atom is 0.250 e. The molecule has 1 aliphatic carbocycles. The van der Waals surface area contributed by atoms with Crippen molar-refractivity contribution < 1.29 is 9.53 Å². The Morgan fingerprint density at radius 2 is 2.05 bits per heavy atom. The normalized spacial score (nSPS) is 23.1. The fraction of sp³-hybridized carbons (Fsp3) is 0.500. The number of hydrogen-bond donors (Lipinski definition) is 2. The first-order valence-corrected chi connectivity index (χ1v) is 6.86. The molecule has 0 bridgehead atoms. The Hall–Kier alpha value is -1.26. The highest BCUT2D eigenvalue weighted by Gasteiger charge is 2.20. The van der Waals surface area contributed by atoms with Crippen LogP contribution in [-0.2, 0) is 4.74 Å². The average Bonchev–Trinajstić information content (AvgIpc) is 2.41. The molecule has 0 heterocycles. The zero-order valence-corrected chi connectivity index (χ0v) is 11.7. The lowest BCUT2D eigenvalue weighted by atomic mass is 9.93. The minimum atomic E-state index is -0.503. The molecule has 1 saturated carbocycles. The Morgan fingerprint density at radius 1 is 1.37 bits per heavy atom. The summed E-state index contributed by atoms with van der Waals surface area (Å²) in [6.07, 6.45) is 4.62. The standard InChI is InChI=1S/C14H19ClN2O2/c1-19-11-5-2-9(3-6-11)17-10-4-7-13(15)12(8-10)14(16)18/h4,7-9,11,17H,2-3,5-6H2,1H3,(H2,16,18). The van der Waals surface area contributed by atoms with E-state index < -0.39 is 5.91 Å². The number of anilines is 1. The summed E-state index contributed by atoms with van der Waals surface area (Å²) in [4.78, 5) is 11.2. The Bertz CT molecular complexity index is 457. The van der Waals surface area contributed by atoms with E-state index in [4.69, 9.17) is 22.1 Å². The average molecular weight is 283 g/mol. The monoisotopic (exact) mass is 282 g/mol. The van der Waals surface area contributed by atoms with Crippen LogP contribution in [0.3, 0.4) is 0 Å². The van der Waals surface area contributed by atoms with Crippen LogP contribution in [0.2, 0.25) is 5.02 Å². The molecule has 104 valence electrons. The van der Waals surface area contributed by atoms with Crippen molar-refractivity contribution in [2.75, 3.05) is 12.4 Å². The number of carbonyl (C=O) groups is 1. The summed E-state index contributed by atoms with van der Waals surface area (Å²) in [7, 11) is 1.76. The second kappa shape index (κ2) is 6.26. The molecular weight excluding hydrogens is 264 g/mol. The van der Waals surface area contributed by atoms with Gasteiger partial charge in [-0.2, -0.15) is 0 Å². The van der Waals surface area contributed by atoms with Crippen LogP contribution in [-0.4, -0.2) is 25.2 Å². The van der Waals surface area contributed by atoms with Crippen molar-refractivity contribution in [3.05, 3.63) is 28.8 Å². The molecule has 0 spiro atoms. The topological polar surface area (TPSA) is 64.3 Å². The molecule has 0 aliphatic heterocycles. The van der Waals surface area contributed by atoms with E-state index in [1.165, 1.54) is 0 Å². The molecule has 1 aromatic carbocycles. The zero-order valence-electron chi connectivity index (χ0n) is 11.0. The van der Waals surface area contributed by atoms with Crippen molar-refractivity contribution in [1.29, 1.82) is 0 Å². The SMILES string of the molecule is COC1CCC(Nc2ccc(Cl)c(C(N)=O)c2)CC1. The van der Waals surface area contributed by atoms with Gasteiger partial charge < -0.3 is 15.8 Å². The Kier molecular flexibility index (Phi) is 4.66. The minimum Gasteiger partial charge on any atom is -0.382 e. The van der Waals surface area contributed by atoms with Gasteiger partial charge in [-0.3, -0.25) is 4.79 Å². The van der Waals surface area contributed by atoms with Crippen LogP contribution in [0, 0.1) is 0 Å². The molecule has 0 saturated heterocycles. The van der Waals surface area contributed by atoms with E-state index in [0.29, 0.717) is 22.7 Å². The summed E-state index contributed by atoms with van der Waals surface area (Å²) in [6, 6.07) is 5.70. The van der Waals surface area contributed by atoms with Gasteiger partial charge in [0.15, 0.2) is 0 Å². The summed E-state index contributed by atoms with van der Waals surface area (Å²) < 4.78 is 5.35. The molecule has 2 rings (SSSR count). The van der Waals surface area contributed by atoms with Crippen LogP contribution < -0.4 is 11.1 Å². The van der Waals surface area contributed by atoms with E-state index in [9.17, 15) is 4.79 Å². The third kappa shape index (κ3) is 3.61. The number of nitrogens with two attached hydrogens (primary N) is 1. The number of amides is 1. The van der Waals surface area contributed by atoms with Gasteiger partial charge in [0.25, 0.3) is 0 Å². The van der Waals surface area contributed by atoms with E-state index in [0.717, 1.165) is 31.4 Å². The van der Waals surface area contributed by atoms with E-state index in [-0.39, 0.29) is 0 Å². The summed E-state index contributed by atoms with van der Waals surface area (Å²) >= 11 is 5.93. The molecule has 4 nitrogen and oxygen atoms in total. The molecule has 0 radical (unpaired) electrons. The van der Waals surface area contributed by atoms with Crippen LogP contribution in [0.5, 0.6) is 0 Å². The van der Waals surface area contributed by atoms with Crippen LogP contribution in [0.1, 0.15) is 36.0 Å². The number of halogens is 1. The number of carbonyl (C=O) groups excluding carboxylic acids is 1. The third-order valence-corrected chi connectivity index (χ3v) is 3.94. The maximum absolute atomic E-state index is 11.2. The predicted octanol–water partition coefficient (Wildman–Crippen LogP) is 2.81. The van der Waals surface area contributed by atoms with Gasteiger partial charge >= 0.3 is 0 Å². The van der Waals surface area contributed by atoms with Crippen LogP contribution >= 0.6 is 11.6 Å². The van der Waals surface area contributed by atoms with Gasteiger partial charge in [-0.05, 0) is 43.9 Å². The Labute approximate surface area is 118 Å². The number of ether oxygens (including phenoxy) is 1. The molecule has 1 aromatic rings. The largest absolute Gasteiger partial charge is 0.382 e. The number of methoxy groups -OCH3 is 1. The maximum atomic E-state index is 11.2. The molecule has 0 unspecified atom stereocenters. The van der Waals surface area contributed by atoms with E-state index in [1.807, 2.05) is 6.07 Å². The van der Waals surface area contributed by atoms with Gasteiger partial charge in [-0.25, -0.2) is 0 Å². The fourth-order valence-electron chi connectivity index (χ4n) is 2.48. The number of benzene rings is 1. The highest BCUT2D eigenvalue weighted by Crippen LogP contribution is 2.26. The van der Waals surface area contributed by atoms with Gasteiger partial charge in [0.05, 0.1) is 16.7 Å². The number of nitrogens with one attached hydrogen (secondary N) is 1. The highest BCUT2D eigenvalue weighted by molar-refractivity contribution is 6.33. The predicted molar refractivity (Wildman–Crippen MR) is 76.6 cm³/mol. The van der Waals surface area contributed by atoms with Gasteiger partial charge in [-0.15, -0.1) is 0 Å². The molecule has 1 amide bonds. The number of rotatable bonds is 4. The second-order valence-electron chi connectivity index (χ2n) is 4.91. The lowest BCUT2D eigenvalue weighted by molar-refractivity contribution is 0.0682. The molecule has 3 N–H and O–H groups in total. The molecule has 0 atom stereocenters. The van der Waals surface area contributed by atoms with Crippen molar-refractivity contribution in [2.45, 2.75) is 37.8 Å². The molecule has 19 heavy (non-hydrogen) atoms. The quantitative estimate of drug-likeness (QED) is 0.892. The van der Waals surface area contributed by atoms with E-state index in [1.54, 1.807) is 19.2 Å².